The van der Waals surface area contributed by atoms with Crippen molar-refractivity contribution >= 4 is 47.1 Å². The van der Waals surface area contributed by atoms with Crippen LogP contribution in [0.2, 0.25) is 0 Å². The second-order valence-electron chi connectivity index (χ2n) is 16.6. The monoisotopic (exact) mass is 788 g/mol. The van der Waals surface area contributed by atoms with Gasteiger partial charge in [0, 0.05) is 92.9 Å². The van der Waals surface area contributed by atoms with Crippen LogP contribution in [0.1, 0.15) is 92.2 Å². The molecule has 2 aliphatic heterocycles. The van der Waals surface area contributed by atoms with Gasteiger partial charge in [-0.25, -0.2) is 29.9 Å². The zero-order valence-electron chi connectivity index (χ0n) is 32.7. The fourth-order valence-corrected chi connectivity index (χ4v) is 9.58. The molecule has 5 aliphatic rings. The number of likely N-dealkylation sites (tertiary alicyclic amines) is 2. The minimum atomic E-state index is -0.131. The number of likely N-dealkylation sites (N-methyl/N-ethyl adjacent to an activating group) is 1. The lowest BCUT2D eigenvalue weighted by molar-refractivity contribution is -0.129. The lowest BCUT2D eigenvalue weighted by Gasteiger charge is -2.18. The third-order valence-corrected chi connectivity index (χ3v) is 13.4. The van der Waals surface area contributed by atoms with Crippen LogP contribution in [0.5, 0.6) is 0 Å². The highest BCUT2D eigenvalue weighted by atomic mass is 32.2. The highest BCUT2D eigenvalue weighted by molar-refractivity contribution is 7.98. The van der Waals surface area contributed by atoms with Crippen molar-refractivity contribution in [3.63, 3.8) is 0 Å². The molecule has 2 saturated heterocycles. The van der Waals surface area contributed by atoms with Gasteiger partial charge >= 0.3 is 0 Å². The maximum absolute atomic E-state index is 13.5. The molecule has 4 unspecified atom stereocenters. The summed E-state index contributed by atoms with van der Waals surface area (Å²) in [6.07, 6.45) is 22.2. The number of aromatic nitrogens is 6. The largest absolute Gasteiger partial charge is 0.367 e. The van der Waals surface area contributed by atoms with E-state index in [9.17, 15) is 9.59 Å². The molecule has 0 spiro atoms. The van der Waals surface area contributed by atoms with Crippen molar-refractivity contribution < 1.29 is 9.59 Å². The number of anilines is 4. The third kappa shape index (κ3) is 8.63. The SMILES string of the molecule is CSc1cnc(N[C@H]2CC[C@H](Nc3ccc(C4CCN(CC5CC5c5cnc(N[C@H]6CC[C@H](Nc7ccc(C8CCN(C)C8=O)cn7)C6)nc5)C4=O)cn3)C2)nc1. The number of thioether (sulfide) groups is 1. The lowest BCUT2D eigenvalue weighted by atomic mass is 9.99. The molecule has 4 aromatic rings. The molecule has 4 N–H and O–H groups in total. The molecule has 9 rings (SSSR count). The summed E-state index contributed by atoms with van der Waals surface area (Å²) in [5, 5.41) is 14.2. The second kappa shape index (κ2) is 16.4. The van der Waals surface area contributed by atoms with Crippen molar-refractivity contribution in [3.05, 3.63) is 78.1 Å². The van der Waals surface area contributed by atoms with Crippen LogP contribution in [-0.4, -0.2) is 109 Å². The molecular weight excluding hydrogens is 737 g/mol. The fraction of sp³-hybridized carbons (Fsp3) is 0.524. The molecule has 8 atom stereocenters. The number of pyridine rings is 2. The summed E-state index contributed by atoms with van der Waals surface area (Å²) < 4.78 is 0. The molecule has 5 fully saturated rings. The van der Waals surface area contributed by atoms with Gasteiger partial charge in [-0.3, -0.25) is 9.59 Å². The van der Waals surface area contributed by atoms with E-state index in [-0.39, 0.29) is 29.7 Å². The smallest absolute Gasteiger partial charge is 0.230 e. The summed E-state index contributed by atoms with van der Waals surface area (Å²) in [5.41, 5.74) is 3.14. The van der Waals surface area contributed by atoms with E-state index >= 15 is 0 Å². The standard InChI is InChI=1S/C42H52N12O2S/c1-53-13-11-34(39(53)55)25-3-9-37(43-18-25)49-29-5-7-31(16-29)51-41-45-20-28(21-46-41)36-15-27(36)24-54-14-12-35(40(54)56)26-4-10-38(44-19-26)50-30-6-8-32(17-30)52-42-47-22-33(57-2)23-48-42/h3-4,9-10,18-23,27,29-32,34-36H,5-8,11-17,24H2,1-2H3,(H,43,49)(H,44,50)(H,45,46,51)(H,47,48,52)/t27?,29-,30-,31-,32-,34?,35?,36?/m0/s1. The topological polar surface area (TPSA) is 166 Å². The number of hydrogen-bond acceptors (Lipinski definition) is 13. The Balaban J connectivity index is 0.692. The first kappa shape index (κ1) is 37.5. The normalized spacial score (nSPS) is 28.2. The Kier molecular flexibility index (Phi) is 10.8. The van der Waals surface area contributed by atoms with Crippen molar-refractivity contribution in [2.75, 3.05) is 54.2 Å². The molecule has 2 amide bonds. The van der Waals surface area contributed by atoms with Gasteiger partial charge in [-0.05, 0) is 105 Å². The van der Waals surface area contributed by atoms with Crippen LogP contribution in [0.25, 0.3) is 0 Å². The number of amides is 2. The zero-order valence-corrected chi connectivity index (χ0v) is 33.5. The van der Waals surface area contributed by atoms with Gasteiger partial charge in [0.15, 0.2) is 0 Å². The predicted octanol–water partition coefficient (Wildman–Crippen LogP) is 5.73. The van der Waals surface area contributed by atoms with E-state index in [2.05, 4.69) is 52.3 Å². The first-order valence-electron chi connectivity index (χ1n) is 20.5. The Labute approximate surface area is 338 Å². The number of nitrogens with one attached hydrogen (secondary N) is 4. The van der Waals surface area contributed by atoms with E-state index in [0.29, 0.717) is 41.9 Å². The molecule has 15 heteroatoms. The van der Waals surface area contributed by atoms with Gasteiger partial charge in [-0.1, -0.05) is 12.1 Å². The van der Waals surface area contributed by atoms with Crippen LogP contribution in [0.4, 0.5) is 23.5 Å². The Bertz CT molecular complexity index is 2020. The van der Waals surface area contributed by atoms with Crippen LogP contribution < -0.4 is 21.3 Å². The second-order valence-corrected chi connectivity index (χ2v) is 17.4. The molecule has 0 aromatic carbocycles. The number of carbonyl (C=O) groups excluding carboxylic acids is 2. The van der Waals surface area contributed by atoms with Gasteiger partial charge in [0.1, 0.15) is 11.6 Å². The fourth-order valence-electron chi connectivity index (χ4n) is 9.27. The molecule has 6 heterocycles. The Morgan fingerprint density at radius 2 is 1.11 bits per heavy atom. The minimum absolute atomic E-state index is 0.0711. The van der Waals surface area contributed by atoms with Gasteiger partial charge in [-0.15, -0.1) is 11.8 Å². The van der Waals surface area contributed by atoms with Crippen molar-refractivity contribution in [2.45, 2.75) is 105 Å². The molecule has 298 valence electrons. The van der Waals surface area contributed by atoms with Crippen molar-refractivity contribution in [2.24, 2.45) is 5.92 Å². The summed E-state index contributed by atoms with van der Waals surface area (Å²) in [6, 6.07) is 9.38. The molecule has 14 nitrogen and oxygen atoms in total. The number of nitrogens with zero attached hydrogens (tertiary/aromatic N) is 8. The molecular formula is C42H52N12O2S. The van der Waals surface area contributed by atoms with E-state index in [4.69, 9.17) is 4.98 Å². The minimum Gasteiger partial charge on any atom is -0.367 e. The van der Waals surface area contributed by atoms with Crippen molar-refractivity contribution in [1.29, 1.82) is 0 Å². The summed E-state index contributed by atoms with van der Waals surface area (Å²) in [7, 11) is 1.86. The van der Waals surface area contributed by atoms with Crippen LogP contribution in [0.15, 0.2) is 66.3 Å². The lowest BCUT2D eigenvalue weighted by Crippen LogP contribution is -2.29. The van der Waals surface area contributed by atoms with Gasteiger partial charge in [-0.2, -0.15) is 0 Å². The quantitative estimate of drug-likeness (QED) is 0.115. The maximum Gasteiger partial charge on any atom is 0.230 e. The molecule has 57 heavy (non-hydrogen) atoms. The highest BCUT2D eigenvalue weighted by Crippen LogP contribution is 2.48. The predicted molar refractivity (Wildman–Crippen MR) is 221 cm³/mol. The van der Waals surface area contributed by atoms with Crippen molar-refractivity contribution in [3.8, 4) is 0 Å². The number of rotatable bonds is 14. The average Bonchev–Trinajstić information content (AvgIpc) is 3.53. The summed E-state index contributed by atoms with van der Waals surface area (Å²) in [4.78, 5) is 58.4. The maximum atomic E-state index is 13.5. The van der Waals surface area contributed by atoms with Crippen molar-refractivity contribution in [1.82, 2.24) is 39.7 Å². The highest BCUT2D eigenvalue weighted by Gasteiger charge is 2.43. The first-order valence-corrected chi connectivity index (χ1v) is 21.8. The Morgan fingerprint density at radius 3 is 1.61 bits per heavy atom. The molecule has 3 saturated carbocycles. The van der Waals surface area contributed by atoms with Gasteiger partial charge in [0.2, 0.25) is 23.7 Å². The van der Waals surface area contributed by atoms with Gasteiger partial charge in [0.25, 0.3) is 0 Å². The van der Waals surface area contributed by atoms with E-state index in [0.717, 1.165) is 111 Å². The molecule has 0 bridgehead atoms. The van der Waals surface area contributed by atoms with E-state index in [1.54, 1.807) is 16.7 Å². The van der Waals surface area contributed by atoms with Crippen LogP contribution in [0.3, 0.4) is 0 Å². The number of hydrogen-bond donors (Lipinski definition) is 4. The van der Waals surface area contributed by atoms with Gasteiger partial charge < -0.3 is 31.1 Å². The molecule has 0 radical (unpaired) electrons. The average molecular weight is 789 g/mol. The summed E-state index contributed by atoms with van der Waals surface area (Å²) in [6.45, 7) is 2.36. The van der Waals surface area contributed by atoms with Crippen LogP contribution in [0, 0.1) is 5.92 Å². The summed E-state index contributed by atoms with van der Waals surface area (Å²) >= 11 is 1.64. The molecule has 3 aliphatic carbocycles. The summed E-state index contributed by atoms with van der Waals surface area (Å²) in [5.74, 6) is 4.06. The Morgan fingerprint density at radius 1 is 0.596 bits per heavy atom. The van der Waals surface area contributed by atoms with Crippen LogP contribution in [-0.2, 0) is 9.59 Å². The van der Waals surface area contributed by atoms with E-state index in [1.165, 1.54) is 0 Å². The zero-order chi connectivity index (χ0) is 38.9. The van der Waals surface area contributed by atoms with Gasteiger partial charge in [0.05, 0.1) is 11.8 Å². The van der Waals surface area contributed by atoms with Crippen LogP contribution >= 0.6 is 11.8 Å². The number of carbonyl (C=O) groups is 2. The first-order chi connectivity index (χ1) is 27.8. The third-order valence-electron chi connectivity index (χ3n) is 12.7. The van der Waals surface area contributed by atoms with E-state index in [1.807, 2.05) is 73.6 Å². The van der Waals surface area contributed by atoms with E-state index < -0.39 is 0 Å². The Hall–Kier alpha value is -5.05. The molecule has 4 aromatic heterocycles.